The number of alkyl halides is 3. The molecule has 1 saturated heterocycles. The molecule has 38 heavy (non-hydrogen) atoms. The van der Waals surface area contributed by atoms with Crippen LogP contribution in [0.4, 0.5) is 18.0 Å². The zero-order valence-electron chi connectivity index (χ0n) is 21.2. The fourth-order valence-electron chi connectivity index (χ4n) is 4.74. The molecule has 0 radical (unpaired) electrons. The van der Waals surface area contributed by atoms with Gasteiger partial charge < -0.3 is 15.0 Å². The molecule has 3 amide bonds. The van der Waals surface area contributed by atoms with Crippen molar-refractivity contribution >= 4 is 29.2 Å². The third-order valence-electron chi connectivity index (χ3n) is 6.72. The van der Waals surface area contributed by atoms with Crippen LogP contribution in [-0.2, 0) is 15.7 Å². The molecule has 2 aliphatic heterocycles. The van der Waals surface area contributed by atoms with Crippen LogP contribution in [0.15, 0.2) is 53.0 Å². The average molecular weight is 551 g/mol. The van der Waals surface area contributed by atoms with Crippen molar-refractivity contribution in [2.45, 2.75) is 32.1 Å². The van der Waals surface area contributed by atoms with Gasteiger partial charge in [0, 0.05) is 45.0 Å². The molecule has 1 N–H and O–H groups in total. The van der Waals surface area contributed by atoms with E-state index in [1.54, 1.807) is 13.0 Å². The number of likely N-dealkylation sites (N-methyl/N-ethyl adjacent to an activating group) is 1. The van der Waals surface area contributed by atoms with E-state index in [1.165, 1.54) is 35.4 Å². The lowest BCUT2D eigenvalue weighted by Crippen LogP contribution is -2.56. The highest BCUT2D eigenvalue weighted by atomic mass is 32.1. The lowest BCUT2D eigenvalue weighted by atomic mass is 9.93. The second-order valence-corrected chi connectivity index (χ2v) is 10.1. The third-order valence-corrected chi connectivity index (χ3v) is 7.58. The van der Waals surface area contributed by atoms with Crippen LogP contribution in [0.3, 0.4) is 0 Å². The van der Waals surface area contributed by atoms with Gasteiger partial charge >= 0.3 is 18.2 Å². The Balaban J connectivity index is 1.62. The normalized spacial score (nSPS) is 20.9. The van der Waals surface area contributed by atoms with Crippen LogP contribution in [0.2, 0.25) is 0 Å². The van der Waals surface area contributed by atoms with Gasteiger partial charge in [-0.1, -0.05) is 18.2 Å². The van der Waals surface area contributed by atoms with Crippen molar-refractivity contribution in [2.24, 2.45) is 0 Å². The molecule has 0 bridgehead atoms. The van der Waals surface area contributed by atoms with Crippen molar-refractivity contribution in [3.63, 3.8) is 0 Å². The van der Waals surface area contributed by atoms with E-state index in [0.717, 1.165) is 12.1 Å². The van der Waals surface area contributed by atoms with Crippen molar-refractivity contribution in [1.29, 1.82) is 0 Å². The number of thiophene rings is 1. The topological polar surface area (TPSA) is 82.2 Å². The quantitative estimate of drug-likeness (QED) is 0.548. The summed E-state index contributed by atoms with van der Waals surface area (Å²) in [5.41, 5.74) is 0.0758. The van der Waals surface area contributed by atoms with E-state index in [1.807, 2.05) is 23.3 Å². The number of ether oxygens (including phenoxy) is 1. The molecule has 12 heteroatoms. The van der Waals surface area contributed by atoms with Gasteiger partial charge in [0.2, 0.25) is 0 Å². The Kier molecular flexibility index (Phi) is 8.12. The Morgan fingerprint density at radius 3 is 2.45 bits per heavy atom. The van der Waals surface area contributed by atoms with E-state index >= 15 is 0 Å². The molecule has 4 rings (SSSR count). The second-order valence-electron chi connectivity index (χ2n) is 9.20. The number of halogens is 3. The van der Waals surface area contributed by atoms with Gasteiger partial charge in [-0.15, -0.1) is 11.3 Å². The van der Waals surface area contributed by atoms with E-state index in [2.05, 4.69) is 10.2 Å². The largest absolute Gasteiger partial charge is 0.463 e. The summed E-state index contributed by atoms with van der Waals surface area (Å²) >= 11 is 1.39. The van der Waals surface area contributed by atoms with Crippen molar-refractivity contribution < 1.29 is 32.3 Å². The van der Waals surface area contributed by atoms with Crippen LogP contribution < -0.4 is 5.32 Å². The molecular formula is C26H29F3N4O4S. The molecule has 204 valence electrons. The van der Waals surface area contributed by atoms with E-state index in [-0.39, 0.29) is 30.7 Å². The molecule has 1 aromatic carbocycles. The molecule has 3 heterocycles. The van der Waals surface area contributed by atoms with Gasteiger partial charge in [0.05, 0.1) is 28.7 Å². The molecule has 1 fully saturated rings. The predicted octanol–water partition coefficient (Wildman–Crippen LogP) is 4.13. The monoisotopic (exact) mass is 550 g/mol. The molecule has 0 unspecified atom stereocenters. The fraction of sp³-hybridized carbons (Fsp3) is 0.423. The molecular weight excluding hydrogens is 521 g/mol. The molecule has 0 aliphatic carbocycles. The first-order valence-corrected chi connectivity index (χ1v) is 13.1. The minimum atomic E-state index is -4.51. The van der Waals surface area contributed by atoms with Gasteiger partial charge in [0.1, 0.15) is 0 Å². The van der Waals surface area contributed by atoms with E-state index in [9.17, 15) is 27.6 Å². The van der Waals surface area contributed by atoms with E-state index in [4.69, 9.17) is 4.74 Å². The first-order valence-electron chi connectivity index (χ1n) is 12.2. The Morgan fingerprint density at radius 2 is 1.87 bits per heavy atom. The van der Waals surface area contributed by atoms with Crippen LogP contribution in [0.1, 0.15) is 40.7 Å². The summed E-state index contributed by atoms with van der Waals surface area (Å²) in [5.74, 6) is -0.686. The highest BCUT2D eigenvalue weighted by Crippen LogP contribution is 2.34. The van der Waals surface area contributed by atoms with Crippen molar-refractivity contribution in [3.05, 3.63) is 69.1 Å². The number of rotatable bonds is 6. The summed E-state index contributed by atoms with van der Waals surface area (Å²) in [5, 5.41) is 4.58. The molecule has 2 atom stereocenters. The molecule has 1 aromatic heterocycles. The highest BCUT2D eigenvalue weighted by molar-refractivity contribution is 7.12. The summed E-state index contributed by atoms with van der Waals surface area (Å²) < 4.78 is 44.6. The molecule has 2 aliphatic rings. The smallest absolute Gasteiger partial charge is 0.416 e. The zero-order chi connectivity index (χ0) is 27.6. The SMILES string of the molecule is CCOC(=O)C1=C(CN2CCN(C(=O)c3cccs3)[C@H](C)C2)N(C)C(=O)N[C@@H]1c1ccc(C(F)(F)F)cc1. The minimum Gasteiger partial charge on any atom is -0.463 e. The highest BCUT2D eigenvalue weighted by Gasteiger charge is 2.39. The number of hydrogen-bond acceptors (Lipinski definition) is 6. The molecule has 0 spiro atoms. The van der Waals surface area contributed by atoms with Crippen LogP contribution in [-0.4, -0.2) is 78.5 Å². The second kappa shape index (κ2) is 11.2. The zero-order valence-corrected chi connectivity index (χ0v) is 22.1. The number of urea groups is 1. The predicted molar refractivity (Wildman–Crippen MR) is 135 cm³/mol. The van der Waals surface area contributed by atoms with Gasteiger partial charge in [-0.05, 0) is 43.0 Å². The van der Waals surface area contributed by atoms with Gasteiger partial charge in [0.25, 0.3) is 5.91 Å². The summed E-state index contributed by atoms with van der Waals surface area (Å²) in [6.07, 6.45) is -4.51. The number of carbonyl (C=O) groups is 3. The number of hydrogen-bond donors (Lipinski definition) is 1. The summed E-state index contributed by atoms with van der Waals surface area (Å²) in [7, 11) is 1.53. The first-order chi connectivity index (χ1) is 18.0. The van der Waals surface area contributed by atoms with Crippen molar-refractivity contribution in [1.82, 2.24) is 20.0 Å². The van der Waals surface area contributed by atoms with Crippen LogP contribution in [0.25, 0.3) is 0 Å². The van der Waals surface area contributed by atoms with Crippen LogP contribution in [0.5, 0.6) is 0 Å². The van der Waals surface area contributed by atoms with Gasteiger partial charge in [0.15, 0.2) is 0 Å². The molecule has 2 aromatic rings. The van der Waals surface area contributed by atoms with E-state index in [0.29, 0.717) is 35.8 Å². The number of carbonyl (C=O) groups excluding carboxylic acids is 3. The van der Waals surface area contributed by atoms with Gasteiger partial charge in [-0.3, -0.25) is 14.6 Å². The maximum Gasteiger partial charge on any atom is 0.416 e. The first kappa shape index (κ1) is 27.6. The maximum atomic E-state index is 13.1. The van der Waals surface area contributed by atoms with E-state index < -0.39 is 29.8 Å². The summed E-state index contributed by atoms with van der Waals surface area (Å²) in [4.78, 5) is 44.8. The summed E-state index contributed by atoms with van der Waals surface area (Å²) in [6, 6.07) is 6.41. The van der Waals surface area contributed by atoms with Crippen molar-refractivity contribution in [2.75, 3.05) is 39.8 Å². The molecule has 8 nitrogen and oxygen atoms in total. The lowest BCUT2D eigenvalue weighted by molar-refractivity contribution is -0.139. The van der Waals surface area contributed by atoms with Gasteiger partial charge in [-0.2, -0.15) is 13.2 Å². The van der Waals surface area contributed by atoms with Crippen LogP contribution >= 0.6 is 11.3 Å². The molecule has 0 saturated carbocycles. The Morgan fingerprint density at radius 1 is 1.16 bits per heavy atom. The lowest BCUT2D eigenvalue weighted by Gasteiger charge is -2.42. The van der Waals surface area contributed by atoms with Crippen LogP contribution in [0, 0.1) is 0 Å². The maximum absolute atomic E-state index is 13.1. The van der Waals surface area contributed by atoms with Crippen molar-refractivity contribution in [3.8, 4) is 0 Å². The Bertz CT molecular complexity index is 1210. The average Bonchev–Trinajstić information content (AvgIpc) is 3.41. The number of benzene rings is 1. The number of amides is 3. The minimum absolute atomic E-state index is 0.0323. The Labute approximate surface area is 222 Å². The Hall–Kier alpha value is -3.38. The fourth-order valence-corrected chi connectivity index (χ4v) is 5.42. The van der Waals surface area contributed by atoms with Gasteiger partial charge in [-0.25, -0.2) is 9.59 Å². The number of nitrogens with zero attached hydrogens (tertiary/aromatic N) is 3. The third kappa shape index (κ3) is 5.70. The number of piperazine rings is 1. The standard InChI is InChI=1S/C26H29F3N4O4S/c1-4-37-24(35)21-19(15-32-11-12-33(16(2)14-32)23(34)20-6-5-13-38-20)31(3)25(36)30-22(21)17-7-9-18(10-8-17)26(27,28)29/h5-10,13,16,22H,4,11-12,14-15H2,1-3H3,(H,30,36)/t16-,22-/m1/s1. The number of esters is 1. The summed E-state index contributed by atoms with van der Waals surface area (Å²) in [6.45, 7) is 5.41. The number of nitrogens with one attached hydrogen (secondary N) is 1.